The van der Waals surface area contributed by atoms with Gasteiger partial charge in [-0.25, -0.2) is 0 Å². The first kappa shape index (κ1) is 8.02. The fourth-order valence-corrected chi connectivity index (χ4v) is 0.364. The summed E-state index contributed by atoms with van der Waals surface area (Å²) in [7, 11) is 1.87. The second-order valence-corrected chi connectivity index (χ2v) is 1.76. The van der Waals surface area contributed by atoms with Crippen LogP contribution in [0.1, 0.15) is 6.92 Å². The molecule has 0 aromatic heterocycles. The summed E-state index contributed by atoms with van der Waals surface area (Å²) in [6, 6.07) is 0. The summed E-state index contributed by atoms with van der Waals surface area (Å²) in [5.41, 5.74) is 1.17. The largest absolute Gasteiger partial charge is 0.394 e. The summed E-state index contributed by atoms with van der Waals surface area (Å²) in [5, 5.41) is 2.89. The van der Waals surface area contributed by atoms with E-state index in [-0.39, 0.29) is 0 Å². The quantitative estimate of drug-likeness (QED) is 0.565. The van der Waals surface area contributed by atoms with Crippen molar-refractivity contribution in [3.05, 3.63) is 36.6 Å². The average Bonchev–Trinajstić information content (AvgIpc) is 1.89. The molecule has 0 rings (SSSR count). The minimum atomic E-state index is 1.17. The predicted molar refractivity (Wildman–Crippen MR) is 42.2 cm³/mol. The van der Waals surface area contributed by atoms with Crippen LogP contribution in [0.3, 0.4) is 0 Å². The first-order valence-corrected chi connectivity index (χ1v) is 2.94. The van der Waals surface area contributed by atoms with Crippen LogP contribution in [0.5, 0.6) is 0 Å². The number of nitrogens with one attached hydrogen (secondary N) is 1. The third-order valence-electron chi connectivity index (χ3n) is 0.944. The van der Waals surface area contributed by atoms with E-state index >= 15 is 0 Å². The van der Waals surface area contributed by atoms with Crippen molar-refractivity contribution >= 4 is 0 Å². The Morgan fingerprint density at radius 1 is 1.56 bits per heavy atom. The zero-order valence-electron chi connectivity index (χ0n) is 6.02. The number of hydrogen-bond acceptors (Lipinski definition) is 1. The van der Waals surface area contributed by atoms with Gasteiger partial charge in [0.2, 0.25) is 0 Å². The average molecular weight is 123 g/mol. The molecule has 0 amide bonds. The Bertz CT molecular complexity index is 132. The molecule has 0 aliphatic rings. The van der Waals surface area contributed by atoms with Crippen LogP contribution in [0.25, 0.3) is 0 Å². The lowest BCUT2D eigenvalue weighted by Crippen LogP contribution is -1.89. The van der Waals surface area contributed by atoms with E-state index in [0.717, 1.165) is 0 Å². The molecule has 0 aromatic rings. The summed E-state index contributed by atoms with van der Waals surface area (Å²) in [6.07, 6.45) is 7.62. The highest BCUT2D eigenvalue weighted by Gasteiger charge is 1.71. The number of rotatable bonds is 3. The second kappa shape index (κ2) is 5.16. The zero-order chi connectivity index (χ0) is 7.11. The van der Waals surface area contributed by atoms with Gasteiger partial charge in [0.05, 0.1) is 0 Å². The van der Waals surface area contributed by atoms with Gasteiger partial charge in [-0.05, 0) is 19.2 Å². The van der Waals surface area contributed by atoms with Gasteiger partial charge in [-0.3, -0.25) is 0 Å². The lowest BCUT2D eigenvalue weighted by molar-refractivity contribution is 1.10. The van der Waals surface area contributed by atoms with Crippen LogP contribution in [0.15, 0.2) is 36.6 Å². The third kappa shape index (κ3) is 4.88. The van der Waals surface area contributed by atoms with Crippen molar-refractivity contribution in [3.63, 3.8) is 0 Å². The molecular weight excluding hydrogens is 110 g/mol. The molecule has 0 radical (unpaired) electrons. The molecule has 0 heterocycles. The molecule has 0 spiro atoms. The molecule has 0 atom stereocenters. The van der Waals surface area contributed by atoms with Gasteiger partial charge in [0.15, 0.2) is 0 Å². The van der Waals surface area contributed by atoms with Crippen LogP contribution in [-0.4, -0.2) is 7.05 Å². The molecule has 1 N–H and O–H groups in total. The van der Waals surface area contributed by atoms with E-state index in [1.54, 1.807) is 0 Å². The van der Waals surface area contributed by atoms with Gasteiger partial charge in [-0.1, -0.05) is 24.3 Å². The van der Waals surface area contributed by atoms with Gasteiger partial charge in [0.25, 0.3) is 0 Å². The first-order chi connectivity index (χ1) is 4.31. The lowest BCUT2D eigenvalue weighted by Gasteiger charge is -1.84. The normalized spacial score (nSPS) is 12.0. The van der Waals surface area contributed by atoms with Gasteiger partial charge in [0, 0.05) is 7.05 Å². The van der Waals surface area contributed by atoms with Gasteiger partial charge < -0.3 is 5.32 Å². The minimum Gasteiger partial charge on any atom is -0.394 e. The minimum absolute atomic E-state index is 1.17. The second-order valence-electron chi connectivity index (χ2n) is 1.76. The van der Waals surface area contributed by atoms with Crippen molar-refractivity contribution in [2.24, 2.45) is 0 Å². The highest BCUT2D eigenvalue weighted by molar-refractivity contribution is 5.18. The zero-order valence-corrected chi connectivity index (χ0v) is 6.02. The predicted octanol–water partition coefficient (Wildman–Crippen LogP) is 1.85. The van der Waals surface area contributed by atoms with E-state index in [1.165, 1.54) is 5.57 Å². The highest BCUT2D eigenvalue weighted by atomic mass is 14.8. The van der Waals surface area contributed by atoms with Crippen molar-refractivity contribution in [1.82, 2.24) is 5.32 Å². The van der Waals surface area contributed by atoms with E-state index in [2.05, 4.69) is 11.9 Å². The molecule has 0 aliphatic carbocycles. The fourth-order valence-electron chi connectivity index (χ4n) is 0.364. The first-order valence-electron chi connectivity index (χ1n) is 2.94. The molecule has 0 saturated carbocycles. The van der Waals surface area contributed by atoms with E-state index in [4.69, 9.17) is 0 Å². The maximum absolute atomic E-state index is 3.62. The molecule has 1 heteroatoms. The Morgan fingerprint density at radius 2 is 2.22 bits per heavy atom. The maximum Gasteiger partial charge on any atom is 0.00277 e. The van der Waals surface area contributed by atoms with Gasteiger partial charge in [0.1, 0.15) is 0 Å². The Hall–Kier alpha value is -0.980. The van der Waals surface area contributed by atoms with Crippen molar-refractivity contribution in [2.45, 2.75) is 6.92 Å². The number of allylic oxidation sites excluding steroid dienone is 4. The molecule has 0 bridgehead atoms. The number of hydrogen-bond donors (Lipinski definition) is 1. The lowest BCUT2D eigenvalue weighted by atomic mass is 10.3. The van der Waals surface area contributed by atoms with Crippen molar-refractivity contribution in [3.8, 4) is 0 Å². The van der Waals surface area contributed by atoms with Gasteiger partial charge in [-0.15, -0.1) is 0 Å². The Labute approximate surface area is 56.8 Å². The van der Waals surface area contributed by atoms with Crippen LogP contribution in [0.2, 0.25) is 0 Å². The molecule has 0 fully saturated rings. The third-order valence-corrected chi connectivity index (χ3v) is 0.944. The van der Waals surface area contributed by atoms with Crippen LogP contribution < -0.4 is 5.32 Å². The summed E-state index contributed by atoms with van der Waals surface area (Å²) in [6.45, 7) is 5.62. The molecule has 0 aliphatic heterocycles. The Balaban J connectivity index is 3.68. The molecule has 1 nitrogen and oxygen atoms in total. The summed E-state index contributed by atoms with van der Waals surface area (Å²) >= 11 is 0. The summed E-state index contributed by atoms with van der Waals surface area (Å²) in [4.78, 5) is 0. The van der Waals surface area contributed by atoms with Gasteiger partial charge >= 0.3 is 0 Å². The van der Waals surface area contributed by atoms with E-state index in [1.807, 2.05) is 38.4 Å². The van der Waals surface area contributed by atoms with E-state index < -0.39 is 0 Å². The smallest absolute Gasteiger partial charge is 0.00277 e. The van der Waals surface area contributed by atoms with Crippen LogP contribution in [0, 0.1) is 0 Å². The van der Waals surface area contributed by atoms with Gasteiger partial charge in [-0.2, -0.15) is 0 Å². The van der Waals surface area contributed by atoms with Crippen LogP contribution >= 0.6 is 0 Å². The van der Waals surface area contributed by atoms with E-state index in [9.17, 15) is 0 Å². The SMILES string of the molecule is C=C/C(C)=C\C=C\NC. The van der Waals surface area contributed by atoms with Crippen LogP contribution in [-0.2, 0) is 0 Å². The molecule has 0 aromatic carbocycles. The summed E-state index contributed by atoms with van der Waals surface area (Å²) < 4.78 is 0. The summed E-state index contributed by atoms with van der Waals surface area (Å²) in [5.74, 6) is 0. The van der Waals surface area contributed by atoms with Crippen LogP contribution in [0.4, 0.5) is 0 Å². The Kier molecular flexibility index (Phi) is 4.60. The molecule has 0 unspecified atom stereocenters. The van der Waals surface area contributed by atoms with E-state index in [0.29, 0.717) is 0 Å². The Morgan fingerprint density at radius 3 is 2.67 bits per heavy atom. The molecule has 9 heavy (non-hydrogen) atoms. The molecule has 0 saturated heterocycles. The monoisotopic (exact) mass is 123 g/mol. The standard InChI is InChI=1S/C8H13N/c1-4-8(2)6-5-7-9-3/h4-7,9H,1H2,2-3H3/b7-5+,8-6-. The van der Waals surface area contributed by atoms with Crippen molar-refractivity contribution in [1.29, 1.82) is 0 Å². The van der Waals surface area contributed by atoms with Crippen molar-refractivity contribution in [2.75, 3.05) is 7.05 Å². The molecular formula is C8H13N. The topological polar surface area (TPSA) is 12.0 Å². The van der Waals surface area contributed by atoms with Crippen molar-refractivity contribution < 1.29 is 0 Å². The highest BCUT2D eigenvalue weighted by Crippen LogP contribution is 1.91. The fraction of sp³-hybridized carbons (Fsp3) is 0.250. The maximum atomic E-state index is 3.62. The molecule has 50 valence electrons.